The van der Waals surface area contributed by atoms with Gasteiger partial charge in [-0.05, 0) is 44.4 Å². The van der Waals surface area contributed by atoms with Crippen LogP contribution in [0.5, 0.6) is 0 Å². The summed E-state index contributed by atoms with van der Waals surface area (Å²) in [5.41, 5.74) is -1.21. The quantitative estimate of drug-likeness (QED) is 0.820. The van der Waals surface area contributed by atoms with Gasteiger partial charge in [-0.25, -0.2) is 0 Å². The zero-order valence-electron chi connectivity index (χ0n) is 14.3. The van der Waals surface area contributed by atoms with Gasteiger partial charge in [0, 0.05) is 32.7 Å². The van der Waals surface area contributed by atoms with E-state index in [4.69, 9.17) is 0 Å². The van der Waals surface area contributed by atoms with Gasteiger partial charge in [-0.1, -0.05) is 19.3 Å². The smallest absolute Gasteiger partial charge is 0.255 e. The Morgan fingerprint density at radius 2 is 1.70 bits per heavy atom. The van der Waals surface area contributed by atoms with Crippen LogP contribution in [0.1, 0.15) is 57.8 Å². The number of hydrogen-bond donors (Lipinski definition) is 2. The summed E-state index contributed by atoms with van der Waals surface area (Å²) in [6.45, 7) is 3.62. The van der Waals surface area contributed by atoms with Crippen LogP contribution in [0.4, 0.5) is 0 Å². The summed E-state index contributed by atoms with van der Waals surface area (Å²) in [5.74, 6) is 0.570. The second-order valence-electron chi connectivity index (χ2n) is 7.90. The fourth-order valence-electron chi connectivity index (χ4n) is 4.51. The number of likely N-dealkylation sites (tertiary alicyclic amines) is 2. The molecule has 23 heavy (non-hydrogen) atoms. The highest BCUT2D eigenvalue weighted by Gasteiger charge is 2.44. The Morgan fingerprint density at radius 1 is 1.00 bits per heavy atom. The third-order valence-corrected chi connectivity index (χ3v) is 5.95. The number of carbonyl (C=O) groups excluding carboxylic acids is 1. The number of aliphatic hydroxyl groups is 2. The van der Waals surface area contributed by atoms with E-state index in [1.807, 2.05) is 4.90 Å². The van der Waals surface area contributed by atoms with Gasteiger partial charge < -0.3 is 15.1 Å². The highest BCUT2D eigenvalue weighted by Crippen LogP contribution is 2.29. The molecule has 132 valence electrons. The average molecular weight is 324 g/mol. The fraction of sp³-hybridized carbons (Fsp3) is 0.944. The van der Waals surface area contributed by atoms with Crippen LogP contribution in [0.15, 0.2) is 0 Å². The monoisotopic (exact) mass is 324 g/mol. The largest absolute Gasteiger partial charge is 0.393 e. The lowest BCUT2D eigenvalue weighted by Crippen LogP contribution is -2.60. The number of hydrogen-bond acceptors (Lipinski definition) is 4. The summed E-state index contributed by atoms with van der Waals surface area (Å²) in [7, 11) is 0. The van der Waals surface area contributed by atoms with Crippen molar-refractivity contribution in [3.63, 3.8) is 0 Å². The first kappa shape index (κ1) is 17.2. The summed E-state index contributed by atoms with van der Waals surface area (Å²) in [6.07, 6.45) is 9.10. The van der Waals surface area contributed by atoms with Gasteiger partial charge >= 0.3 is 0 Å². The lowest BCUT2D eigenvalue weighted by Gasteiger charge is -2.43. The van der Waals surface area contributed by atoms with Gasteiger partial charge in [-0.3, -0.25) is 9.69 Å². The molecule has 5 nitrogen and oxygen atoms in total. The van der Waals surface area contributed by atoms with Gasteiger partial charge in [0.25, 0.3) is 5.91 Å². The van der Waals surface area contributed by atoms with Gasteiger partial charge in [0.2, 0.25) is 0 Å². The first-order chi connectivity index (χ1) is 11.1. The van der Waals surface area contributed by atoms with Crippen LogP contribution in [-0.4, -0.2) is 70.3 Å². The Hall–Kier alpha value is -0.650. The number of aliphatic hydroxyl groups excluding tert-OH is 1. The van der Waals surface area contributed by atoms with Crippen LogP contribution in [0.2, 0.25) is 0 Å². The Morgan fingerprint density at radius 3 is 2.39 bits per heavy atom. The molecule has 5 heteroatoms. The minimum atomic E-state index is -1.21. The molecule has 2 saturated heterocycles. The zero-order valence-corrected chi connectivity index (χ0v) is 14.3. The van der Waals surface area contributed by atoms with E-state index in [9.17, 15) is 15.0 Å². The van der Waals surface area contributed by atoms with E-state index in [0.29, 0.717) is 18.9 Å². The molecular formula is C18H32N2O3. The molecule has 1 amide bonds. The molecule has 0 bridgehead atoms. The summed E-state index contributed by atoms with van der Waals surface area (Å²) in [4.78, 5) is 16.9. The Balaban J connectivity index is 1.56. The highest BCUT2D eigenvalue weighted by molar-refractivity contribution is 5.86. The van der Waals surface area contributed by atoms with E-state index in [1.54, 1.807) is 0 Å². The van der Waals surface area contributed by atoms with Crippen molar-refractivity contribution in [2.24, 2.45) is 5.92 Å². The van der Waals surface area contributed by atoms with Crippen molar-refractivity contribution in [1.29, 1.82) is 0 Å². The molecule has 0 radical (unpaired) electrons. The lowest BCUT2D eigenvalue weighted by atomic mass is 9.86. The third-order valence-electron chi connectivity index (χ3n) is 5.95. The lowest BCUT2D eigenvalue weighted by molar-refractivity contribution is -0.161. The van der Waals surface area contributed by atoms with Gasteiger partial charge in [0.1, 0.15) is 0 Å². The normalized spacial score (nSPS) is 32.4. The maximum absolute atomic E-state index is 12.9. The molecule has 1 saturated carbocycles. The van der Waals surface area contributed by atoms with Gasteiger partial charge in [0.15, 0.2) is 5.60 Å². The minimum Gasteiger partial charge on any atom is -0.393 e. The maximum atomic E-state index is 12.9. The van der Waals surface area contributed by atoms with Crippen LogP contribution in [0.25, 0.3) is 0 Å². The molecule has 0 aromatic heterocycles. The molecule has 0 aromatic rings. The predicted octanol–water partition coefficient (Wildman–Crippen LogP) is 1.38. The van der Waals surface area contributed by atoms with E-state index < -0.39 is 5.60 Å². The summed E-state index contributed by atoms with van der Waals surface area (Å²) < 4.78 is 0. The summed E-state index contributed by atoms with van der Waals surface area (Å²) in [5, 5.41) is 20.6. The molecule has 1 aliphatic carbocycles. The molecular weight excluding hydrogens is 292 g/mol. The molecule has 3 rings (SSSR count). The van der Waals surface area contributed by atoms with Crippen molar-refractivity contribution in [2.75, 3.05) is 32.7 Å². The van der Waals surface area contributed by atoms with Crippen LogP contribution >= 0.6 is 0 Å². The predicted molar refractivity (Wildman–Crippen MR) is 89.0 cm³/mol. The second kappa shape index (κ2) is 7.49. The highest BCUT2D eigenvalue weighted by atomic mass is 16.3. The molecule has 0 spiro atoms. The number of β-amino-alcohol motifs (C(OH)–C–C–N with tert-alkyl or cyclic N) is 1. The van der Waals surface area contributed by atoms with Crippen molar-refractivity contribution >= 4 is 5.91 Å². The topological polar surface area (TPSA) is 64.0 Å². The number of nitrogens with zero attached hydrogens (tertiary/aromatic N) is 2. The SMILES string of the molecule is O=C1N(CC2CCCCC2)CCC[C@]1(O)CN1CCC(O)CC1. The van der Waals surface area contributed by atoms with Crippen LogP contribution < -0.4 is 0 Å². The van der Waals surface area contributed by atoms with E-state index >= 15 is 0 Å². The molecule has 3 aliphatic rings. The summed E-state index contributed by atoms with van der Waals surface area (Å²) in [6, 6.07) is 0. The van der Waals surface area contributed by atoms with Crippen molar-refractivity contribution in [2.45, 2.75) is 69.5 Å². The molecule has 2 heterocycles. The number of carbonyl (C=O) groups is 1. The Kier molecular flexibility index (Phi) is 5.60. The first-order valence-electron chi connectivity index (χ1n) is 9.49. The van der Waals surface area contributed by atoms with Gasteiger partial charge in [-0.15, -0.1) is 0 Å². The van der Waals surface area contributed by atoms with E-state index in [1.165, 1.54) is 32.1 Å². The van der Waals surface area contributed by atoms with Crippen LogP contribution in [0.3, 0.4) is 0 Å². The third kappa shape index (κ3) is 4.25. The molecule has 0 aromatic carbocycles. The number of rotatable bonds is 4. The average Bonchev–Trinajstić information content (AvgIpc) is 2.55. The molecule has 2 aliphatic heterocycles. The van der Waals surface area contributed by atoms with Gasteiger partial charge in [0.05, 0.1) is 6.10 Å². The summed E-state index contributed by atoms with van der Waals surface area (Å²) >= 11 is 0. The number of piperidine rings is 2. The zero-order chi connectivity index (χ0) is 16.3. The molecule has 3 fully saturated rings. The number of amides is 1. The van der Waals surface area contributed by atoms with E-state index in [-0.39, 0.29) is 12.0 Å². The Labute approximate surface area is 139 Å². The van der Waals surface area contributed by atoms with Crippen LogP contribution in [-0.2, 0) is 4.79 Å². The van der Waals surface area contributed by atoms with Crippen molar-refractivity contribution in [3.05, 3.63) is 0 Å². The van der Waals surface area contributed by atoms with Gasteiger partial charge in [-0.2, -0.15) is 0 Å². The minimum absolute atomic E-state index is 0.0551. The van der Waals surface area contributed by atoms with E-state index in [2.05, 4.69) is 4.90 Å². The maximum Gasteiger partial charge on any atom is 0.255 e. The fourth-order valence-corrected chi connectivity index (χ4v) is 4.51. The van der Waals surface area contributed by atoms with E-state index in [0.717, 1.165) is 45.4 Å². The van der Waals surface area contributed by atoms with Crippen LogP contribution in [0, 0.1) is 5.92 Å². The molecule has 2 N–H and O–H groups in total. The Bertz CT molecular complexity index is 403. The first-order valence-corrected chi connectivity index (χ1v) is 9.49. The van der Waals surface area contributed by atoms with Crippen molar-refractivity contribution in [1.82, 2.24) is 9.80 Å². The van der Waals surface area contributed by atoms with Crippen molar-refractivity contribution in [3.8, 4) is 0 Å². The second-order valence-corrected chi connectivity index (χ2v) is 7.90. The molecule has 1 atom stereocenters. The standard InChI is InChI=1S/C18H32N2O3/c21-16-7-11-19(12-8-16)14-18(23)9-4-10-20(17(18)22)13-15-5-2-1-3-6-15/h15-16,21,23H,1-14H2/t18-/m0/s1. The molecule has 0 unspecified atom stereocenters. The van der Waals surface area contributed by atoms with Crippen molar-refractivity contribution < 1.29 is 15.0 Å².